The van der Waals surface area contributed by atoms with E-state index in [0.29, 0.717) is 12.8 Å². The molecule has 2 N–H and O–H groups in total. The summed E-state index contributed by atoms with van der Waals surface area (Å²) in [5.41, 5.74) is -0.00905. The van der Waals surface area contributed by atoms with Crippen LogP contribution in [-0.4, -0.2) is 29.6 Å². The van der Waals surface area contributed by atoms with Crippen LogP contribution in [0.2, 0.25) is 0 Å². The topological polar surface area (TPSA) is 75.6 Å². The number of carboxylic acid groups (broad SMARTS) is 1. The number of rotatable bonds is 6. The van der Waals surface area contributed by atoms with E-state index in [1.807, 2.05) is 31.2 Å². The molecule has 5 heteroatoms. The fourth-order valence-corrected chi connectivity index (χ4v) is 2.18. The van der Waals surface area contributed by atoms with Gasteiger partial charge in [-0.2, -0.15) is 0 Å². The maximum Gasteiger partial charge on any atom is 0.329 e. The molecule has 0 spiro atoms. The third-order valence-electron chi connectivity index (χ3n) is 3.69. The maximum absolute atomic E-state index is 11.9. The number of nitrogens with one attached hydrogen (secondary N) is 1. The fourth-order valence-electron chi connectivity index (χ4n) is 2.18. The molecule has 1 aliphatic rings. The molecule has 20 heavy (non-hydrogen) atoms. The highest BCUT2D eigenvalue weighted by Crippen LogP contribution is 2.36. The molecule has 1 saturated carbocycles. The average molecular weight is 277 g/mol. The van der Waals surface area contributed by atoms with Crippen molar-refractivity contribution < 1.29 is 19.4 Å². The van der Waals surface area contributed by atoms with Gasteiger partial charge < -0.3 is 15.2 Å². The summed E-state index contributed by atoms with van der Waals surface area (Å²) in [6.45, 7) is 1.94. The standard InChI is InChI=1S/C15H19NO4/c1-10(11-4-3-5-12(9-11)20-2)8-13(17)16-15(6-7-15)14(18)19/h3-5,9-10H,6-8H2,1-2H3,(H,16,17)(H,18,19). The first-order chi connectivity index (χ1) is 9.47. The quantitative estimate of drug-likeness (QED) is 0.833. The van der Waals surface area contributed by atoms with E-state index >= 15 is 0 Å². The largest absolute Gasteiger partial charge is 0.497 e. The maximum atomic E-state index is 11.9. The molecule has 1 fully saturated rings. The average Bonchev–Trinajstić information content (AvgIpc) is 3.19. The summed E-state index contributed by atoms with van der Waals surface area (Å²) < 4.78 is 5.15. The van der Waals surface area contributed by atoms with Crippen molar-refractivity contribution >= 4 is 11.9 Å². The second kappa shape index (κ2) is 5.53. The van der Waals surface area contributed by atoms with E-state index in [-0.39, 0.29) is 18.2 Å². The fraction of sp³-hybridized carbons (Fsp3) is 0.467. The molecule has 0 radical (unpaired) electrons. The van der Waals surface area contributed by atoms with Crippen molar-refractivity contribution in [2.24, 2.45) is 0 Å². The van der Waals surface area contributed by atoms with Crippen molar-refractivity contribution in [1.29, 1.82) is 0 Å². The van der Waals surface area contributed by atoms with Crippen LogP contribution in [-0.2, 0) is 9.59 Å². The Morgan fingerprint density at radius 2 is 2.15 bits per heavy atom. The third kappa shape index (κ3) is 3.10. The van der Waals surface area contributed by atoms with Gasteiger partial charge in [0.1, 0.15) is 11.3 Å². The van der Waals surface area contributed by atoms with Crippen LogP contribution < -0.4 is 10.1 Å². The molecule has 1 unspecified atom stereocenters. The van der Waals surface area contributed by atoms with E-state index in [4.69, 9.17) is 9.84 Å². The van der Waals surface area contributed by atoms with Crippen LogP contribution in [0.4, 0.5) is 0 Å². The molecule has 5 nitrogen and oxygen atoms in total. The van der Waals surface area contributed by atoms with E-state index < -0.39 is 11.5 Å². The predicted molar refractivity (Wildman–Crippen MR) is 73.8 cm³/mol. The van der Waals surface area contributed by atoms with Gasteiger partial charge in [0.15, 0.2) is 0 Å². The van der Waals surface area contributed by atoms with Crippen LogP contribution in [0.5, 0.6) is 5.75 Å². The number of benzene rings is 1. The molecule has 0 saturated heterocycles. The number of carboxylic acids is 1. The molecule has 0 aromatic heterocycles. The van der Waals surface area contributed by atoms with E-state index in [2.05, 4.69) is 5.32 Å². The Hall–Kier alpha value is -2.04. The minimum atomic E-state index is -1.01. The molecule has 2 rings (SSSR count). The smallest absolute Gasteiger partial charge is 0.329 e. The molecule has 1 atom stereocenters. The number of carbonyl (C=O) groups excluding carboxylic acids is 1. The van der Waals surface area contributed by atoms with Gasteiger partial charge in [-0.25, -0.2) is 4.79 Å². The van der Waals surface area contributed by atoms with Crippen molar-refractivity contribution in [1.82, 2.24) is 5.32 Å². The molecule has 1 aromatic carbocycles. The second-order valence-corrected chi connectivity index (χ2v) is 5.32. The zero-order chi connectivity index (χ0) is 14.8. The number of ether oxygens (including phenoxy) is 1. The van der Waals surface area contributed by atoms with Crippen LogP contribution >= 0.6 is 0 Å². The summed E-state index contributed by atoms with van der Waals surface area (Å²) in [5.74, 6) is -0.409. The molecule has 1 aromatic rings. The van der Waals surface area contributed by atoms with Gasteiger partial charge in [0, 0.05) is 6.42 Å². The summed E-state index contributed by atoms with van der Waals surface area (Å²) in [6.07, 6.45) is 1.30. The Bertz CT molecular complexity index is 522. The number of methoxy groups -OCH3 is 1. The van der Waals surface area contributed by atoms with Crippen molar-refractivity contribution in [2.75, 3.05) is 7.11 Å². The van der Waals surface area contributed by atoms with Crippen LogP contribution in [0.15, 0.2) is 24.3 Å². The number of hydrogen-bond donors (Lipinski definition) is 2. The Balaban J connectivity index is 1.95. The highest BCUT2D eigenvalue weighted by molar-refractivity contribution is 5.89. The van der Waals surface area contributed by atoms with Crippen LogP contribution in [0, 0.1) is 0 Å². The summed E-state index contributed by atoms with van der Waals surface area (Å²) in [5, 5.41) is 11.7. The monoisotopic (exact) mass is 277 g/mol. The van der Waals surface area contributed by atoms with Gasteiger partial charge in [-0.3, -0.25) is 4.79 Å². The third-order valence-corrected chi connectivity index (χ3v) is 3.69. The normalized spacial score (nSPS) is 17.1. The van der Waals surface area contributed by atoms with Gasteiger partial charge in [-0.1, -0.05) is 19.1 Å². The number of carbonyl (C=O) groups is 2. The number of hydrogen-bond acceptors (Lipinski definition) is 3. The molecule has 1 amide bonds. The van der Waals surface area contributed by atoms with Crippen LogP contribution in [0.3, 0.4) is 0 Å². The molecule has 0 bridgehead atoms. The zero-order valence-electron chi connectivity index (χ0n) is 11.7. The van der Waals surface area contributed by atoms with E-state index in [1.165, 1.54) is 0 Å². The Morgan fingerprint density at radius 1 is 1.45 bits per heavy atom. The van der Waals surface area contributed by atoms with E-state index in [1.54, 1.807) is 7.11 Å². The minimum Gasteiger partial charge on any atom is -0.497 e. The van der Waals surface area contributed by atoms with Gasteiger partial charge in [0.2, 0.25) is 5.91 Å². The molecule has 108 valence electrons. The molecule has 0 aliphatic heterocycles. The van der Waals surface area contributed by atoms with Gasteiger partial charge in [-0.15, -0.1) is 0 Å². The molecule has 1 aliphatic carbocycles. The lowest BCUT2D eigenvalue weighted by atomic mass is 9.97. The van der Waals surface area contributed by atoms with Gasteiger partial charge in [0.05, 0.1) is 7.11 Å². The summed E-state index contributed by atoms with van der Waals surface area (Å²) in [7, 11) is 1.60. The SMILES string of the molecule is COc1cccc(C(C)CC(=O)NC2(C(=O)O)CC2)c1. The van der Waals surface area contributed by atoms with E-state index in [9.17, 15) is 9.59 Å². The lowest BCUT2D eigenvalue weighted by Gasteiger charge is -2.16. The predicted octanol–water partition coefficient (Wildman–Crippen LogP) is 1.92. The van der Waals surface area contributed by atoms with Crippen molar-refractivity contribution in [3.8, 4) is 5.75 Å². The number of amides is 1. The minimum absolute atomic E-state index is 0.00898. The second-order valence-electron chi connectivity index (χ2n) is 5.32. The summed E-state index contributed by atoms with van der Waals surface area (Å²) in [4.78, 5) is 23.0. The highest BCUT2D eigenvalue weighted by atomic mass is 16.5. The van der Waals surface area contributed by atoms with Crippen molar-refractivity contribution in [3.63, 3.8) is 0 Å². The molecular formula is C15H19NO4. The summed E-state index contributed by atoms with van der Waals surface area (Å²) >= 11 is 0. The Kier molecular flexibility index (Phi) is 3.97. The molecular weight excluding hydrogens is 258 g/mol. The van der Waals surface area contributed by atoms with Crippen LogP contribution in [0.25, 0.3) is 0 Å². The first kappa shape index (κ1) is 14.4. The lowest BCUT2D eigenvalue weighted by Crippen LogP contribution is -2.43. The summed E-state index contributed by atoms with van der Waals surface area (Å²) in [6, 6.07) is 7.55. The lowest BCUT2D eigenvalue weighted by molar-refractivity contribution is -0.143. The van der Waals surface area contributed by atoms with Gasteiger partial charge >= 0.3 is 5.97 Å². The van der Waals surface area contributed by atoms with Crippen molar-refractivity contribution in [2.45, 2.75) is 37.6 Å². The van der Waals surface area contributed by atoms with E-state index in [0.717, 1.165) is 11.3 Å². The molecule has 0 heterocycles. The Labute approximate surface area is 117 Å². The van der Waals surface area contributed by atoms with Gasteiger partial charge in [-0.05, 0) is 36.5 Å². The van der Waals surface area contributed by atoms with Gasteiger partial charge in [0.25, 0.3) is 0 Å². The Morgan fingerprint density at radius 3 is 2.70 bits per heavy atom. The number of aliphatic carboxylic acids is 1. The first-order valence-electron chi connectivity index (χ1n) is 6.65. The zero-order valence-corrected chi connectivity index (χ0v) is 11.7. The highest BCUT2D eigenvalue weighted by Gasteiger charge is 2.51. The van der Waals surface area contributed by atoms with Crippen LogP contribution in [0.1, 0.15) is 37.7 Å². The van der Waals surface area contributed by atoms with Crippen molar-refractivity contribution in [3.05, 3.63) is 29.8 Å². The first-order valence-corrected chi connectivity index (χ1v) is 6.65.